The summed E-state index contributed by atoms with van der Waals surface area (Å²) < 4.78 is 1.04. The van der Waals surface area contributed by atoms with Crippen LogP contribution in [0.2, 0.25) is 0 Å². The average molecular weight is 334 g/mol. The van der Waals surface area contributed by atoms with Crippen LogP contribution in [0.5, 0.6) is 0 Å². The van der Waals surface area contributed by atoms with Crippen LogP contribution >= 0.6 is 28.3 Å². The Bertz CT molecular complexity index is 396. The predicted molar refractivity (Wildman–Crippen MR) is 78.9 cm³/mol. The van der Waals surface area contributed by atoms with Gasteiger partial charge in [-0.1, -0.05) is 28.1 Å². The van der Waals surface area contributed by atoms with E-state index in [0.29, 0.717) is 13.0 Å². The zero-order valence-electron chi connectivity index (χ0n) is 10.1. The van der Waals surface area contributed by atoms with E-state index in [9.17, 15) is 4.79 Å². The monoisotopic (exact) mass is 332 g/mol. The van der Waals surface area contributed by atoms with Gasteiger partial charge in [-0.3, -0.25) is 4.79 Å². The van der Waals surface area contributed by atoms with Gasteiger partial charge in [-0.25, -0.2) is 0 Å². The number of hydrogen-bond donors (Lipinski definition) is 1. The van der Waals surface area contributed by atoms with Crippen molar-refractivity contribution >= 4 is 34.2 Å². The molecule has 0 spiro atoms. The van der Waals surface area contributed by atoms with Crippen molar-refractivity contribution in [3.8, 4) is 0 Å². The van der Waals surface area contributed by atoms with Crippen molar-refractivity contribution in [1.29, 1.82) is 0 Å². The molecule has 2 rings (SSSR count). The fraction of sp³-hybridized carbons (Fsp3) is 0.462. The van der Waals surface area contributed by atoms with Gasteiger partial charge >= 0.3 is 0 Å². The van der Waals surface area contributed by atoms with Crippen molar-refractivity contribution in [2.45, 2.75) is 25.3 Å². The molecule has 1 saturated heterocycles. The number of nitrogens with two attached hydrogens (primary N) is 1. The topological polar surface area (TPSA) is 46.3 Å². The number of piperidine rings is 1. The van der Waals surface area contributed by atoms with Crippen molar-refractivity contribution in [2.24, 2.45) is 5.73 Å². The molecule has 1 fully saturated rings. The van der Waals surface area contributed by atoms with Gasteiger partial charge in [0.05, 0.1) is 6.42 Å². The van der Waals surface area contributed by atoms with Crippen LogP contribution in [-0.2, 0) is 11.2 Å². The maximum absolute atomic E-state index is 12.1. The highest BCUT2D eigenvalue weighted by atomic mass is 79.9. The van der Waals surface area contributed by atoms with E-state index in [1.54, 1.807) is 0 Å². The molecule has 1 aromatic carbocycles. The van der Waals surface area contributed by atoms with Gasteiger partial charge in [0.1, 0.15) is 0 Å². The molecule has 1 atom stereocenters. The molecular weight excluding hydrogens is 316 g/mol. The highest BCUT2D eigenvalue weighted by Gasteiger charge is 2.20. The number of amides is 1. The maximum Gasteiger partial charge on any atom is 0.227 e. The Balaban J connectivity index is 0.00000162. The van der Waals surface area contributed by atoms with Crippen molar-refractivity contribution in [3.05, 3.63) is 34.3 Å². The summed E-state index contributed by atoms with van der Waals surface area (Å²) >= 11 is 3.38. The van der Waals surface area contributed by atoms with Gasteiger partial charge < -0.3 is 10.6 Å². The Morgan fingerprint density at radius 1 is 1.39 bits per heavy atom. The molecule has 5 heteroatoms. The second-order valence-corrected chi connectivity index (χ2v) is 5.46. The van der Waals surface area contributed by atoms with Gasteiger partial charge in [-0.2, -0.15) is 0 Å². The Morgan fingerprint density at radius 3 is 2.67 bits per heavy atom. The lowest BCUT2D eigenvalue weighted by Crippen LogP contribution is -2.46. The van der Waals surface area contributed by atoms with Gasteiger partial charge in [-0.05, 0) is 30.5 Å². The highest BCUT2D eigenvalue weighted by Crippen LogP contribution is 2.13. The molecule has 0 bridgehead atoms. The second kappa shape index (κ2) is 7.12. The average Bonchev–Trinajstić information content (AvgIpc) is 2.32. The van der Waals surface area contributed by atoms with Gasteiger partial charge in [-0.15, -0.1) is 12.4 Å². The van der Waals surface area contributed by atoms with Crippen LogP contribution in [0.1, 0.15) is 18.4 Å². The first-order valence-electron chi connectivity index (χ1n) is 5.93. The molecule has 1 unspecified atom stereocenters. The Hall–Kier alpha value is -0.580. The summed E-state index contributed by atoms with van der Waals surface area (Å²) in [4.78, 5) is 13.9. The summed E-state index contributed by atoms with van der Waals surface area (Å²) in [5.74, 6) is 0.183. The maximum atomic E-state index is 12.1. The number of rotatable bonds is 2. The van der Waals surface area contributed by atoms with Gasteiger partial charge in [0, 0.05) is 23.6 Å². The van der Waals surface area contributed by atoms with E-state index in [2.05, 4.69) is 15.9 Å². The first-order chi connectivity index (χ1) is 8.15. The van der Waals surface area contributed by atoms with Gasteiger partial charge in [0.25, 0.3) is 0 Å². The van der Waals surface area contributed by atoms with Gasteiger partial charge in [0.15, 0.2) is 0 Å². The molecule has 1 aliphatic rings. The third-order valence-corrected chi connectivity index (χ3v) is 3.61. The molecule has 100 valence electrons. The highest BCUT2D eigenvalue weighted by molar-refractivity contribution is 9.10. The lowest BCUT2D eigenvalue weighted by atomic mass is 10.1. The number of nitrogens with zero attached hydrogens (tertiary/aromatic N) is 1. The Kier molecular flexibility index (Phi) is 6.12. The van der Waals surface area contributed by atoms with Crippen LogP contribution in [0.25, 0.3) is 0 Å². The van der Waals surface area contributed by atoms with Crippen LogP contribution in [-0.4, -0.2) is 29.9 Å². The fourth-order valence-electron chi connectivity index (χ4n) is 2.13. The molecule has 0 radical (unpaired) electrons. The lowest BCUT2D eigenvalue weighted by molar-refractivity contribution is -0.131. The summed E-state index contributed by atoms with van der Waals surface area (Å²) in [7, 11) is 0. The fourth-order valence-corrected chi connectivity index (χ4v) is 2.39. The zero-order chi connectivity index (χ0) is 12.3. The standard InChI is InChI=1S/C13H17BrN2O.ClH/c14-11-5-3-10(4-6-11)8-13(17)16-7-1-2-12(15)9-16;/h3-6,12H,1-2,7-9,15H2;1H. The van der Waals surface area contributed by atoms with Crippen molar-refractivity contribution in [1.82, 2.24) is 4.90 Å². The summed E-state index contributed by atoms with van der Waals surface area (Å²) in [6.07, 6.45) is 2.52. The molecule has 2 N–H and O–H groups in total. The normalized spacial score (nSPS) is 19.2. The van der Waals surface area contributed by atoms with Gasteiger partial charge in [0.2, 0.25) is 5.91 Å². The number of carbonyl (C=O) groups excluding carboxylic acids is 1. The largest absolute Gasteiger partial charge is 0.341 e. The molecule has 0 aromatic heterocycles. The van der Waals surface area contributed by atoms with Crippen LogP contribution < -0.4 is 5.73 Å². The van der Waals surface area contributed by atoms with Crippen molar-refractivity contribution in [3.63, 3.8) is 0 Å². The molecule has 1 heterocycles. The summed E-state index contributed by atoms with van der Waals surface area (Å²) in [6, 6.07) is 8.03. The van der Waals surface area contributed by atoms with E-state index in [4.69, 9.17) is 5.73 Å². The lowest BCUT2D eigenvalue weighted by Gasteiger charge is -2.30. The molecule has 0 aliphatic carbocycles. The summed E-state index contributed by atoms with van der Waals surface area (Å²) in [6.45, 7) is 1.55. The molecule has 1 aromatic rings. The minimum atomic E-state index is 0. The zero-order valence-corrected chi connectivity index (χ0v) is 12.5. The first kappa shape index (κ1) is 15.5. The van der Waals surface area contributed by atoms with Crippen molar-refractivity contribution in [2.75, 3.05) is 13.1 Å². The number of hydrogen-bond acceptors (Lipinski definition) is 2. The minimum Gasteiger partial charge on any atom is -0.341 e. The van der Waals surface area contributed by atoms with E-state index in [1.807, 2.05) is 29.2 Å². The van der Waals surface area contributed by atoms with E-state index >= 15 is 0 Å². The van der Waals surface area contributed by atoms with Crippen LogP contribution in [0, 0.1) is 0 Å². The quantitative estimate of drug-likeness (QED) is 0.903. The molecular formula is C13H18BrClN2O. The Labute approximate surface area is 122 Å². The number of halogens is 2. The Morgan fingerprint density at radius 2 is 2.06 bits per heavy atom. The minimum absolute atomic E-state index is 0. The van der Waals surface area contributed by atoms with E-state index in [0.717, 1.165) is 29.4 Å². The van der Waals surface area contributed by atoms with E-state index < -0.39 is 0 Å². The molecule has 0 saturated carbocycles. The smallest absolute Gasteiger partial charge is 0.227 e. The number of benzene rings is 1. The molecule has 3 nitrogen and oxygen atoms in total. The number of carbonyl (C=O) groups is 1. The van der Waals surface area contributed by atoms with E-state index in [1.165, 1.54) is 0 Å². The van der Waals surface area contributed by atoms with Crippen LogP contribution in [0.4, 0.5) is 0 Å². The summed E-state index contributed by atoms with van der Waals surface area (Å²) in [5, 5.41) is 0. The van der Waals surface area contributed by atoms with Crippen LogP contribution in [0.3, 0.4) is 0 Å². The first-order valence-corrected chi connectivity index (χ1v) is 6.72. The summed E-state index contributed by atoms with van der Waals surface area (Å²) in [5.41, 5.74) is 6.93. The third-order valence-electron chi connectivity index (χ3n) is 3.08. The number of likely N-dealkylation sites (tertiary alicyclic amines) is 1. The second-order valence-electron chi connectivity index (χ2n) is 4.55. The van der Waals surface area contributed by atoms with Crippen LogP contribution in [0.15, 0.2) is 28.7 Å². The SMILES string of the molecule is Cl.NC1CCCN(C(=O)Cc2ccc(Br)cc2)C1. The molecule has 1 amide bonds. The molecule has 18 heavy (non-hydrogen) atoms. The van der Waals surface area contributed by atoms with E-state index in [-0.39, 0.29) is 24.4 Å². The molecule has 1 aliphatic heterocycles. The van der Waals surface area contributed by atoms with Crippen molar-refractivity contribution < 1.29 is 4.79 Å². The predicted octanol–water partition coefficient (Wildman–Crippen LogP) is 2.36. The third kappa shape index (κ3) is 4.26.